The normalized spacial score (nSPS) is 10.9. The smallest absolute Gasteiger partial charge is 0.00766 e. The van der Waals surface area contributed by atoms with Crippen LogP contribution in [0, 0.1) is 13.8 Å². The van der Waals surface area contributed by atoms with Gasteiger partial charge in [0.05, 0.1) is 0 Å². The monoisotopic (exact) mass is 322 g/mol. The molecule has 0 bridgehead atoms. The average Bonchev–Trinajstić information content (AvgIpc) is 2.55. The van der Waals surface area contributed by atoms with E-state index in [1.165, 1.54) is 32.3 Å². The Morgan fingerprint density at radius 2 is 1.14 bits per heavy atom. The SMILES string of the molecule is Cc1cc(P)c(P(c2ccccc2)c2ccccc2)cc1C. The lowest BCUT2D eigenvalue weighted by Crippen LogP contribution is -2.28. The summed E-state index contributed by atoms with van der Waals surface area (Å²) in [6.45, 7) is 4.38. The summed E-state index contributed by atoms with van der Waals surface area (Å²) >= 11 is 0. The van der Waals surface area contributed by atoms with Crippen molar-refractivity contribution in [3.63, 3.8) is 0 Å². The zero-order valence-electron chi connectivity index (χ0n) is 13.0. The van der Waals surface area contributed by atoms with Crippen LogP contribution in [0.5, 0.6) is 0 Å². The standard InChI is InChI=1S/C20H20P2/c1-15-13-19(21)20(14-16(15)2)22(17-9-5-3-6-10-17)18-11-7-4-8-12-18/h3-14H,21H2,1-2H3. The maximum Gasteiger partial charge on any atom is -0.00766 e. The van der Waals surface area contributed by atoms with Gasteiger partial charge in [-0.25, -0.2) is 0 Å². The number of hydrogen-bond donors (Lipinski definition) is 0. The van der Waals surface area contributed by atoms with E-state index in [0.717, 1.165) is 0 Å². The highest BCUT2D eigenvalue weighted by molar-refractivity contribution is 7.80. The summed E-state index contributed by atoms with van der Waals surface area (Å²) in [6, 6.07) is 26.4. The Morgan fingerprint density at radius 1 is 0.682 bits per heavy atom. The number of hydrogen-bond acceptors (Lipinski definition) is 0. The second kappa shape index (κ2) is 6.74. The van der Waals surface area contributed by atoms with E-state index in [1.807, 2.05) is 0 Å². The predicted octanol–water partition coefficient (Wildman–Crippen LogP) is 3.56. The molecule has 0 aliphatic carbocycles. The molecule has 2 heteroatoms. The summed E-state index contributed by atoms with van der Waals surface area (Å²) in [5, 5.41) is 5.54. The zero-order valence-corrected chi connectivity index (χ0v) is 15.0. The Hall–Kier alpha value is -1.48. The van der Waals surface area contributed by atoms with Crippen molar-refractivity contribution in [3.8, 4) is 0 Å². The summed E-state index contributed by atoms with van der Waals surface area (Å²) < 4.78 is 0. The fourth-order valence-electron chi connectivity index (χ4n) is 2.60. The van der Waals surface area contributed by atoms with Gasteiger partial charge in [-0.05, 0) is 54.1 Å². The molecule has 0 saturated carbocycles. The minimum atomic E-state index is -0.516. The van der Waals surface area contributed by atoms with Crippen molar-refractivity contribution in [1.29, 1.82) is 0 Å². The van der Waals surface area contributed by atoms with Gasteiger partial charge in [0.2, 0.25) is 0 Å². The first-order chi connectivity index (χ1) is 10.7. The third kappa shape index (κ3) is 3.14. The van der Waals surface area contributed by atoms with Crippen LogP contribution in [0.1, 0.15) is 11.1 Å². The van der Waals surface area contributed by atoms with Gasteiger partial charge >= 0.3 is 0 Å². The first-order valence-electron chi connectivity index (χ1n) is 7.44. The highest BCUT2D eigenvalue weighted by Gasteiger charge is 2.18. The Bertz CT molecular complexity index is 725. The van der Waals surface area contributed by atoms with Gasteiger partial charge in [-0.3, -0.25) is 0 Å². The topological polar surface area (TPSA) is 0 Å². The molecule has 0 aliphatic heterocycles. The molecule has 0 fully saturated rings. The van der Waals surface area contributed by atoms with Crippen LogP contribution in [0.3, 0.4) is 0 Å². The van der Waals surface area contributed by atoms with Crippen LogP contribution in [0.25, 0.3) is 0 Å². The molecule has 110 valence electrons. The van der Waals surface area contributed by atoms with Gasteiger partial charge in [0.15, 0.2) is 0 Å². The zero-order chi connectivity index (χ0) is 15.5. The molecule has 22 heavy (non-hydrogen) atoms. The Kier molecular flexibility index (Phi) is 4.72. The summed E-state index contributed by atoms with van der Waals surface area (Å²) in [7, 11) is 2.41. The van der Waals surface area contributed by atoms with Crippen molar-refractivity contribution in [3.05, 3.63) is 83.9 Å². The quantitative estimate of drug-likeness (QED) is 0.647. The van der Waals surface area contributed by atoms with Crippen LogP contribution in [0.2, 0.25) is 0 Å². The first-order valence-corrected chi connectivity index (χ1v) is 9.35. The van der Waals surface area contributed by atoms with Gasteiger partial charge in [0.1, 0.15) is 0 Å². The highest BCUT2D eigenvalue weighted by atomic mass is 31.1. The molecule has 3 aromatic carbocycles. The molecule has 0 amide bonds. The summed E-state index contributed by atoms with van der Waals surface area (Å²) in [4.78, 5) is 0. The number of rotatable bonds is 3. The second-order valence-electron chi connectivity index (χ2n) is 5.50. The molecule has 3 rings (SSSR count). The van der Waals surface area contributed by atoms with E-state index in [0.29, 0.717) is 0 Å². The molecule has 1 atom stereocenters. The molecular weight excluding hydrogens is 302 g/mol. The number of aryl methyl sites for hydroxylation is 2. The molecule has 0 spiro atoms. The third-order valence-electron chi connectivity index (χ3n) is 3.91. The largest absolute Gasteiger partial charge is 0.105 e. The van der Waals surface area contributed by atoms with Crippen LogP contribution in [-0.2, 0) is 0 Å². The van der Waals surface area contributed by atoms with Gasteiger partial charge in [0, 0.05) is 0 Å². The molecule has 0 radical (unpaired) electrons. The van der Waals surface area contributed by atoms with Crippen molar-refractivity contribution < 1.29 is 0 Å². The fourth-order valence-corrected chi connectivity index (χ4v) is 5.76. The van der Waals surface area contributed by atoms with Gasteiger partial charge in [-0.15, -0.1) is 9.24 Å². The lowest BCUT2D eigenvalue weighted by atomic mass is 10.1. The van der Waals surface area contributed by atoms with Gasteiger partial charge in [0.25, 0.3) is 0 Å². The predicted molar refractivity (Wildman–Crippen MR) is 104 cm³/mol. The molecule has 0 nitrogen and oxygen atoms in total. The van der Waals surface area contributed by atoms with E-state index in [1.54, 1.807) is 0 Å². The van der Waals surface area contributed by atoms with Crippen LogP contribution in [0.15, 0.2) is 72.8 Å². The van der Waals surface area contributed by atoms with E-state index in [-0.39, 0.29) is 0 Å². The lowest BCUT2D eigenvalue weighted by molar-refractivity contribution is 1.36. The third-order valence-corrected chi connectivity index (χ3v) is 7.13. The van der Waals surface area contributed by atoms with Gasteiger partial charge < -0.3 is 0 Å². The Labute approximate surface area is 136 Å². The minimum absolute atomic E-state index is 0.516. The maximum absolute atomic E-state index is 2.93. The van der Waals surface area contributed by atoms with Gasteiger partial charge in [-0.2, -0.15) is 0 Å². The highest BCUT2D eigenvalue weighted by Crippen LogP contribution is 2.33. The summed E-state index contributed by atoms with van der Waals surface area (Å²) in [5.74, 6) is 0. The first kappa shape index (κ1) is 15.4. The maximum atomic E-state index is 2.93. The molecule has 0 aliphatic rings. The van der Waals surface area contributed by atoms with Crippen molar-refractivity contribution in [1.82, 2.24) is 0 Å². The average molecular weight is 322 g/mol. The Balaban J connectivity index is 2.21. The van der Waals surface area contributed by atoms with Crippen molar-refractivity contribution in [2.24, 2.45) is 0 Å². The molecule has 0 saturated heterocycles. The van der Waals surface area contributed by atoms with Crippen LogP contribution in [0.4, 0.5) is 0 Å². The van der Waals surface area contributed by atoms with Crippen LogP contribution in [-0.4, -0.2) is 0 Å². The fraction of sp³-hybridized carbons (Fsp3) is 0.100. The Morgan fingerprint density at radius 3 is 1.64 bits per heavy atom. The minimum Gasteiger partial charge on any atom is -0.105 e. The second-order valence-corrected chi connectivity index (χ2v) is 8.31. The van der Waals surface area contributed by atoms with Crippen molar-refractivity contribution in [2.75, 3.05) is 0 Å². The van der Waals surface area contributed by atoms with Crippen molar-refractivity contribution >= 4 is 38.4 Å². The lowest BCUT2D eigenvalue weighted by Gasteiger charge is -2.22. The van der Waals surface area contributed by atoms with E-state index >= 15 is 0 Å². The van der Waals surface area contributed by atoms with Crippen LogP contribution < -0.4 is 21.2 Å². The van der Waals surface area contributed by atoms with E-state index in [2.05, 4.69) is 95.9 Å². The number of benzene rings is 3. The molecule has 0 heterocycles. The molecular formula is C20H20P2. The molecule has 0 N–H and O–H groups in total. The molecule has 1 unspecified atom stereocenters. The summed E-state index contributed by atoms with van der Waals surface area (Å²) in [5.41, 5.74) is 2.71. The molecule has 0 aromatic heterocycles. The van der Waals surface area contributed by atoms with E-state index in [4.69, 9.17) is 0 Å². The van der Waals surface area contributed by atoms with E-state index < -0.39 is 7.92 Å². The summed E-state index contributed by atoms with van der Waals surface area (Å²) in [6.07, 6.45) is 0. The van der Waals surface area contributed by atoms with Crippen molar-refractivity contribution in [2.45, 2.75) is 13.8 Å². The van der Waals surface area contributed by atoms with Gasteiger partial charge in [-0.1, -0.05) is 72.8 Å². The van der Waals surface area contributed by atoms with E-state index in [9.17, 15) is 0 Å². The van der Waals surface area contributed by atoms with Crippen LogP contribution >= 0.6 is 17.2 Å². The molecule has 3 aromatic rings.